The summed E-state index contributed by atoms with van der Waals surface area (Å²) in [6.45, 7) is 1.97. The lowest BCUT2D eigenvalue weighted by Gasteiger charge is -2.01. The average molecular weight is 307 g/mol. The van der Waals surface area contributed by atoms with Crippen LogP contribution >= 0.6 is 11.6 Å². The number of aromatic amines is 1. The Morgan fingerprint density at radius 3 is 2.90 bits per heavy atom. The van der Waals surface area contributed by atoms with Gasteiger partial charge in [-0.3, -0.25) is 9.89 Å². The number of carbonyl (C=O) groups excluding carboxylic acids is 1. The number of hydrazone groups is 1. The third-order valence-electron chi connectivity index (χ3n) is 2.80. The van der Waals surface area contributed by atoms with Gasteiger partial charge in [0.05, 0.1) is 11.2 Å². The summed E-state index contributed by atoms with van der Waals surface area (Å²) in [6, 6.07) is 4.96. The van der Waals surface area contributed by atoms with Gasteiger partial charge in [0.15, 0.2) is 17.2 Å². The summed E-state index contributed by atoms with van der Waals surface area (Å²) < 4.78 is 10.5. The van der Waals surface area contributed by atoms with Crippen molar-refractivity contribution in [2.24, 2.45) is 5.10 Å². The Morgan fingerprint density at radius 2 is 2.19 bits per heavy atom. The first-order valence-corrected chi connectivity index (χ1v) is 6.46. The van der Waals surface area contributed by atoms with Crippen LogP contribution in [0.5, 0.6) is 11.5 Å². The van der Waals surface area contributed by atoms with E-state index >= 15 is 0 Å². The molecule has 8 heteroatoms. The minimum Gasteiger partial charge on any atom is -0.454 e. The summed E-state index contributed by atoms with van der Waals surface area (Å²) in [6.07, 6.45) is 1.43. The average Bonchev–Trinajstić information content (AvgIpc) is 3.07. The van der Waals surface area contributed by atoms with Crippen molar-refractivity contribution >= 4 is 23.7 Å². The van der Waals surface area contributed by atoms with Gasteiger partial charge in [-0.1, -0.05) is 11.6 Å². The molecule has 0 bridgehead atoms. The zero-order valence-corrected chi connectivity index (χ0v) is 11.8. The van der Waals surface area contributed by atoms with E-state index in [1.54, 1.807) is 25.1 Å². The van der Waals surface area contributed by atoms with Gasteiger partial charge in [0.25, 0.3) is 5.91 Å². The Hall–Kier alpha value is -2.54. The number of benzene rings is 1. The van der Waals surface area contributed by atoms with Crippen LogP contribution in [0.25, 0.3) is 0 Å². The number of nitrogens with one attached hydrogen (secondary N) is 2. The molecule has 0 saturated heterocycles. The van der Waals surface area contributed by atoms with E-state index in [4.69, 9.17) is 21.1 Å². The Balaban J connectivity index is 1.70. The van der Waals surface area contributed by atoms with E-state index in [1.165, 1.54) is 6.21 Å². The number of hydrogen-bond donors (Lipinski definition) is 2. The molecule has 7 nitrogen and oxygen atoms in total. The van der Waals surface area contributed by atoms with Crippen LogP contribution in [-0.2, 0) is 0 Å². The number of nitrogens with zero attached hydrogens (tertiary/aromatic N) is 2. The Labute approximate surface area is 124 Å². The molecular formula is C13H11ClN4O3. The standard InChI is InChI=1S/C13H11ClN4O3/c1-7-2-10(17-16-7)13(19)18-15-5-8-3-11-12(4-9(8)14)21-6-20-11/h2-5H,6H2,1H3,(H,16,17)(H,18,19). The summed E-state index contributed by atoms with van der Waals surface area (Å²) in [5.41, 5.74) is 4.04. The number of H-pyrrole nitrogens is 1. The largest absolute Gasteiger partial charge is 0.454 e. The van der Waals surface area contributed by atoms with Crippen LogP contribution in [0.2, 0.25) is 5.02 Å². The lowest BCUT2D eigenvalue weighted by Crippen LogP contribution is -2.18. The second kappa shape index (κ2) is 5.45. The molecule has 1 aliphatic heterocycles. The van der Waals surface area contributed by atoms with Gasteiger partial charge in [-0.05, 0) is 19.1 Å². The quantitative estimate of drug-likeness (QED) is 0.669. The molecule has 2 aromatic rings. The van der Waals surface area contributed by atoms with Crippen LogP contribution in [0.4, 0.5) is 0 Å². The van der Waals surface area contributed by atoms with Crippen LogP contribution in [0.3, 0.4) is 0 Å². The number of aryl methyl sites for hydroxylation is 1. The van der Waals surface area contributed by atoms with Crippen molar-refractivity contribution in [3.05, 3.63) is 40.2 Å². The molecule has 0 aliphatic carbocycles. The molecule has 0 spiro atoms. The minimum atomic E-state index is -0.410. The fraction of sp³-hybridized carbons (Fsp3) is 0.154. The number of amides is 1. The fourth-order valence-corrected chi connectivity index (χ4v) is 1.99. The van der Waals surface area contributed by atoms with E-state index in [9.17, 15) is 4.79 Å². The SMILES string of the molecule is Cc1cc(C(=O)NN=Cc2cc3c(cc2Cl)OCO3)n[nH]1. The van der Waals surface area contributed by atoms with Crippen molar-refractivity contribution in [2.45, 2.75) is 6.92 Å². The molecule has 2 N–H and O–H groups in total. The maximum atomic E-state index is 11.7. The van der Waals surface area contributed by atoms with Gasteiger partial charge in [-0.2, -0.15) is 10.2 Å². The van der Waals surface area contributed by atoms with Crippen molar-refractivity contribution < 1.29 is 14.3 Å². The molecule has 1 aliphatic rings. The molecule has 0 fully saturated rings. The number of ether oxygens (including phenoxy) is 2. The van der Waals surface area contributed by atoms with Crippen LogP contribution < -0.4 is 14.9 Å². The molecule has 0 atom stereocenters. The molecule has 1 aromatic heterocycles. The summed E-state index contributed by atoms with van der Waals surface area (Å²) >= 11 is 6.09. The highest BCUT2D eigenvalue weighted by Gasteiger charge is 2.15. The predicted octanol–water partition coefficient (Wildman–Crippen LogP) is 1.86. The highest BCUT2D eigenvalue weighted by Crippen LogP contribution is 2.36. The maximum Gasteiger partial charge on any atom is 0.291 e. The number of fused-ring (bicyclic) bond motifs is 1. The van der Waals surface area contributed by atoms with Gasteiger partial charge in [-0.25, -0.2) is 5.43 Å². The molecule has 3 rings (SSSR count). The van der Waals surface area contributed by atoms with E-state index in [1.807, 2.05) is 0 Å². The maximum absolute atomic E-state index is 11.7. The zero-order chi connectivity index (χ0) is 14.8. The van der Waals surface area contributed by atoms with Crippen LogP contribution in [-0.4, -0.2) is 29.1 Å². The summed E-state index contributed by atoms with van der Waals surface area (Å²) in [5, 5.41) is 10.8. The van der Waals surface area contributed by atoms with Crippen LogP contribution in [0.15, 0.2) is 23.3 Å². The van der Waals surface area contributed by atoms with E-state index in [-0.39, 0.29) is 12.5 Å². The van der Waals surface area contributed by atoms with E-state index < -0.39 is 5.91 Å². The first-order chi connectivity index (χ1) is 10.1. The van der Waals surface area contributed by atoms with Crippen molar-refractivity contribution in [1.29, 1.82) is 0 Å². The molecule has 2 heterocycles. The topological polar surface area (TPSA) is 88.6 Å². The van der Waals surface area contributed by atoms with Gasteiger partial charge >= 0.3 is 0 Å². The van der Waals surface area contributed by atoms with Crippen molar-refractivity contribution in [3.63, 3.8) is 0 Å². The zero-order valence-electron chi connectivity index (χ0n) is 11.0. The number of hydrogen-bond acceptors (Lipinski definition) is 5. The Morgan fingerprint density at radius 1 is 1.43 bits per heavy atom. The van der Waals surface area contributed by atoms with Gasteiger partial charge in [0, 0.05) is 17.3 Å². The number of halogens is 1. The molecule has 0 saturated carbocycles. The molecule has 1 amide bonds. The number of carbonyl (C=O) groups is 1. The molecule has 0 radical (unpaired) electrons. The van der Waals surface area contributed by atoms with Crippen LogP contribution in [0, 0.1) is 6.92 Å². The van der Waals surface area contributed by atoms with E-state index in [2.05, 4.69) is 20.7 Å². The Kier molecular flexibility index (Phi) is 3.49. The lowest BCUT2D eigenvalue weighted by atomic mass is 10.2. The van der Waals surface area contributed by atoms with Gasteiger partial charge in [-0.15, -0.1) is 0 Å². The number of aromatic nitrogens is 2. The van der Waals surface area contributed by atoms with Gasteiger partial charge in [0.1, 0.15) is 0 Å². The normalized spacial score (nSPS) is 12.9. The third-order valence-corrected chi connectivity index (χ3v) is 3.13. The first-order valence-electron chi connectivity index (χ1n) is 6.08. The summed E-state index contributed by atoms with van der Waals surface area (Å²) in [7, 11) is 0. The van der Waals surface area contributed by atoms with Crippen LogP contribution in [0.1, 0.15) is 21.7 Å². The summed E-state index contributed by atoms with van der Waals surface area (Å²) in [5.74, 6) is 0.774. The number of rotatable bonds is 3. The van der Waals surface area contributed by atoms with Crippen molar-refractivity contribution in [3.8, 4) is 11.5 Å². The Bertz CT molecular complexity index is 726. The highest BCUT2D eigenvalue weighted by atomic mass is 35.5. The second-order valence-electron chi connectivity index (χ2n) is 4.36. The first kappa shape index (κ1) is 13.4. The molecule has 0 unspecified atom stereocenters. The summed E-state index contributed by atoms with van der Waals surface area (Å²) in [4.78, 5) is 11.7. The second-order valence-corrected chi connectivity index (χ2v) is 4.77. The highest BCUT2D eigenvalue weighted by molar-refractivity contribution is 6.33. The van der Waals surface area contributed by atoms with E-state index in [0.29, 0.717) is 22.1 Å². The monoisotopic (exact) mass is 306 g/mol. The lowest BCUT2D eigenvalue weighted by molar-refractivity contribution is 0.0950. The van der Waals surface area contributed by atoms with Crippen molar-refractivity contribution in [2.75, 3.05) is 6.79 Å². The predicted molar refractivity (Wildman–Crippen MR) is 76.0 cm³/mol. The van der Waals surface area contributed by atoms with E-state index in [0.717, 1.165) is 5.69 Å². The smallest absolute Gasteiger partial charge is 0.291 e. The molecular weight excluding hydrogens is 296 g/mol. The molecule has 21 heavy (non-hydrogen) atoms. The van der Waals surface area contributed by atoms with Gasteiger partial charge < -0.3 is 9.47 Å². The molecule has 108 valence electrons. The fourth-order valence-electron chi connectivity index (χ4n) is 1.78. The molecule has 1 aromatic carbocycles. The van der Waals surface area contributed by atoms with Gasteiger partial charge in [0.2, 0.25) is 6.79 Å². The minimum absolute atomic E-state index is 0.168. The third kappa shape index (κ3) is 2.82. The van der Waals surface area contributed by atoms with Crippen molar-refractivity contribution in [1.82, 2.24) is 15.6 Å².